The molecule has 0 aliphatic heterocycles. The van der Waals surface area contributed by atoms with E-state index in [0.717, 1.165) is 33.1 Å². The van der Waals surface area contributed by atoms with E-state index in [1.165, 1.54) is 76.5 Å². The van der Waals surface area contributed by atoms with Crippen molar-refractivity contribution < 1.29 is 4.42 Å². The van der Waals surface area contributed by atoms with E-state index in [-0.39, 0.29) is 0 Å². The lowest BCUT2D eigenvalue weighted by Crippen LogP contribution is -1.92. The van der Waals surface area contributed by atoms with E-state index < -0.39 is 0 Å². The lowest BCUT2D eigenvalue weighted by molar-refractivity contribution is 0.670. The van der Waals surface area contributed by atoms with Crippen molar-refractivity contribution in [3.8, 4) is 44.5 Å². The number of fused-ring (bicyclic) bond motifs is 7. The van der Waals surface area contributed by atoms with Crippen molar-refractivity contribution in [1.82, 2.24) is 0 Å². The summed E-state index contributed by atoms with van der Waals surface area (Å²) in [5.41, 5.74) is 11.4. The lowest BCUT2D eigenvalue weighted by atomic mass is 9.84. The average molecular weight is 673 g/mol. The summed E-state index contributed by atoms with van der Waals surface area (Å²) in [6.45, 7) is 0. The van der Waals surface area contributed by atoms with Gasteiger partial charge >= 0.3 is 0 Å². The van der Waals surface area contributed by atoms with Gasteiger partial charge in [0.05, 0.1) is 0 Å². The third kappa shape index (κ3) is 4.71. The minimum absolute atomic E-state index is 0.907. The van der Waals surface area contributed by atoms with Gasteiger partial charge in [-0.2, -0.15) is 0 Å². The summed E-state index contributed by atoms with van der Waals surface area (Å²) in [7, 11) is 0. The van der Waals surface area contributed by atoms with Crippen molar-refractivity contribution in [2.24, 2.45) is 0 Å². The Labute approximate surface area is 307 Å². The van der Waals surface area contributed by atoms with E-state index in [9.17, 15) is 0 Å². The third-order valence-corrected chi connectivity index (χ3v) is 11.0. The normalized spacial score (nSPS) is 11.8. The van der Waals surface area contributed by atoms with E-state index in [1.807, 2.05) is 0 Å². The van der Waals surface area contributed by atoms with Gasteiger partial charge in [0.15, 0.2) is 0 Å². The molecule has 0 unspecified atom stereocenters. The Hall–Kier alpha value is -6.96. The van der Waals surface area contributed by atoms with Crippen LogP contribution in [0, 0.1) is 0 Å². The van der Waals surface area contributed by atoms with Gasteiger partial charge in [0.2, 0.25) is 0 Å². The van der Waals surface area contributed by atoms with E-state index in [1.54, 1.807) is 0 Å². The average Bonchev–Trinajstić information content (AvgIpc) is 3.59. The van der Waals surface area contributed by atoms with Crippen molar-refractivity contribution in [3.05, 3.63) is 194 Å². The molecule has 0 aliphatic rings. The Bertz CT molecular complexity index is 3140. The highest BCUT2D eigenvalue weighted by Gasteiger charge is 2.21. The molecule has 1 nitrogen and oxygen atoms in total. The first-order valence-electron chi connectivity index (χ1n) is 18.3. The Balaban J connectivity index is 1.17. The molecule has 10 aromatic carbocycles. The molecule has 246 valence electrons. The van der Waals surface area contributed by atoms with Gasteiger partial charge < -0.3 is 4.42 Å². The van der Waals surface area contributed by atoms with Gasteiger partial charge in [-0.1, -0.05) is 170 Å². The molecule has 1 heteroatoms. The Morgan fingerprint density at radius 1 is 0.264 bits per heavy atom. The molecule has 0 atom stereocenters. The second-order valence-electron chi connectivity index (χ2n) is 14.0. The lowest BCUT2D eigenvalue weighted by Gasteiger charge is -2.19. The monoisotopic (exact) mass is 672 g/mol. The summed E-state index contributed by atoms with van der Waals surface area (Å²) in [6, 6.07) is 70.5. The molecule has 1 aromatic heterocycles. The summed E-state index contributed by atoms with van der Waals surface area (Å²) in [5.74, 6) is 0. The minimum Gasteiger partial charge on any atom is -0.455 e. The number of hydrogen-bond acceptors (Lipinski definition) is 1. The van der Waals surface area contributed by atoms with Crippen LogP contribution in [0.25, 0.3) is 110 Å². The summed E-state index contributed by atoms with van der Waals surface area (Å²) in [5, 5.41) is 12.1. The Kier molecular flexibility index (Phi) is 6.62. The molecule has 0 spiro atoms. The fourth-order valence-electron chi connectivity index (χ4n) is 8.58. The zero-order valence-corrected chi connectivity index (χ0v) is 28.9. The maximum Gasteiger partial charge on any atom is 0.143 e. The maximum absolute atomic E-state index is 6.75. The van der Waals surface area contributed by atoms with Crippen LogP contribution in [0.1, 0.15) is 0 Å². The summed E-state index contributed by atoms with van der Waals surface area (Å²) in [4.78, 5) is 0. The molecule has 0 fully saturated rings. The summed E-state index contributed by atoms with van der Waals surface area (Å²) >= 11 is 0. The second kappa shape index (κ2) is 11.8. The Morgan fingerprint density at radius 3 is 1.45 bits per heavy atom. The van der Waals surface area contributed by atoms with Crippen molar-refractivity contribution in [2.75, 3.05) is 0 Å². The fraction of sp³-hybridized carbons (Fsp3) is 0. The van der Waals surface area contributed by atoms with Crippen LogP contribution in [0.3, 0.4) is 0 Å². The zero-order chi connectivity index (χ0) is 34.9. The smallest absolute Gasteiger partial charge is 0.143 e. The van der Waals surface area contributed by atoms with Crippen molar-refractivity contribution in [2.45, 2.75) is 0 Å². The Morgan fingerprint density at radius 2 is 0.774 bits per heavy atom. The van der Waals surface area contributed by atoms with Crippen molar-refractivity contribution >= 4 is 65.0 Å². The predicted molar refractivity (Wildman–Crippen MR) is 225 cm³/mol. The topological polar surface area (TPSA) is 13.1 Å². The highest BCUT2D eigenvalue weighted by atomic mass is 16.3. The van der Waals surface area contributed by atoms with Gasteiger partial charge in [0, 0.05) is 16.3 Å². The predicted octanol–water partition coefficient (Wildman–Crippen LogP) is 14.9. The SMILES string of the molecule is c1ccc(-c2cc(-c3c4ccccc4c(-c4ccc(-c5cccc6ccccc56)cc4)c4ccccc34)cc3c2oc2cc4ccccc4cc23)cc1. The molecule has 11 rings (SSSR count). The second-order valence-corrected chi connectivity index (χ2v) is 14.0. The number of rotatable bonds is 4. The van der Waals surface area contributed by atoms with Gasteiger partial charge in [0.1, 0.15) is 11.2 Å². The fourth-order valence-corrected chi connectivity index (χ4v) is 8.58. The highest BCUT2D eigenvalue weighted by Crippen LogP contribution is 2.47. The number of benzene rings is 10. The quantitative estimate of drug-likeness (QED) is 0.170. The molecule has 11 aromatic rings. The maximum atomic E-state index is 6.75. The molecule has 0 saturated carbocycles. The van der Waals surface area contributed by atoms with Crippen LogP contribution in [0.5, 0.6) is 0 Å². The summed E-state index contributed by atoms with van der Waals surface area (Å²) < 4.78 is 6.75. The molecule has 0 bridgehead atoms. The van der Waals surface area contributed by atoms with Crippen molar-refractivity contribution in [3.63, 3.8) is 0 Å². The van der Waals surface area contributed by atoms with E-state index >= 15 is 0 Å². The first-order chi connectivity index (χ1) is 26.3. The van der Waals surface area contributed by atoms with Crippen LogP contribution in [-0.4, -0.2) is 0 Å². The minimum atomic E-state index is 0.907. The summed E-state index contributed by atoms with van der Waals surface area (Å²) in [6.07, 6.45) is 0. The van der Waals surface area contributed by atoms with Crippen molar-refractivity contribution in [1.29, 1.82) is 0 Å². The molecular weight excluding hydrogens is 641 g/mol. The zero-order valence-electron chi connectivity index (χ0n) is 28.9. The van der Waals surface area contributed by atoms with Gasteiger partial charge in [-0.3, -0.25) is 0 Å². The number of furan rings is 1. The molecule has 1 heterocycles. The van der Waals surface area contributed by atoms with E-state index in [0.29, 0.717) is 0 Å². The molecule has 0 amide bonds. The molecular formula is C52H32O. The largest absolute Gasteiger partial charge is 0.455 e. The van der Waals surface area contributed by atoms with Gasteiger partial charge in [0.25, 0.3) is 0 Å². The van der Waals surface area contributed by atoms with Crippen LogP contribution in [0.2, 0.25) is 0 Å². The number of hydrogen-bond donors (Lipinski definition) is 0. The first kappa shape index (κ1) is 29.7. The van der Waals surface area contributed by atoms with Crippen LogP contribution < -0.4 is 0 Å². The molecule has 53 heavy (non-hydrogen) atoms. The molecule has 0 aliphatic carbocycles. The standard InChI is InChI=1S/C52H32O/c1-2-13-34(14-3-1)46-30-39(31-48-47-29-37-16-4-5-17-38(37)32-49(47)53-52(46)48)51-44-22-10-8-20-42(44)50(43-21-9-11-23-45(43)51)36-27-25-35(26-28-36)41-24-12-18-33-15-6-7-19-40(33)41/h1-32H. The molecule has 0 N–H and O–H groups in total. The van der Waals surface area contributed by atoms with Crippen LogP contribution in [-0.2, 0) is 0 Å². The molecule has 0 radical (unpaired) electrons. The van der Waals surface area contributed by atoms with E-state index in [2.05, 4.69) is 194 Å². The van der Waals surface area contributed by atoms with Gasteiger partial charge in [-0.25, -0.2) is 0 Å². The first-order valence-corrected chi connectivity index (χ1v) is 18.3. The highest BCUT2D eigenvalue weighted by molar-refractivity contribution is 6.23. The van der Waals surface area contributed by atoms with Crippen LogP contribution >= 0.6 is 0 Å². The third-order valence-electron chi connectivity index (χ3n) is 11.0. The molecule has 0 saturated heterocycles. The van der Waals surface area contributed by atoms with Gasteiger partial charge in [-0.05, 0) is 106 Å². The van der Waals surface area contributed by atoms with Crippen LogP contribution in [0.4, 0.5) is 0 Å². The van der Waals surface area contributed by atoms with Crippen LogP contribution in [0.15, 0.2) is 199 Å². The van der Waals surface area contributed by atoms with Gasteiger partial charge in [-0.15, -0.1) is 0 Å². The van der Waals surface area contributed by atoms with E-state index in [4.69, 9.17) is 4.42 Å².